The maximum atomic E-state index is 4.35. The molecule has 0 radical (unpaired) electrons. The molecular formula is C15H20IN3S. The molecule has 0 amide bonds. The predicted octanol–water partition coefficient (Wildman–Crippen LogP) is 4.05. The van der Waals surface area contributed by atoms with E-state index >= 15 is 0 Å². The van der Waals surface area contributed by atoms with Gasteiger partial charge in [0.25, 0.3) is 0 Å². The zero-order chi connectivity index (χ0) is 14.4. The number of hydrogen-bond acceptors (Lipinski definition) is 4. The Balaban J connectivity index is 1.97. The molecule has 20 heavy (non-hydrogen) atoms. The van der Waals surface area contributed by atoms with Crippen molar-refractivity contribution in [1.82, 2.24) is 15.5 Å². The zero-order valence-electron chi connectivity index (χ0n) is 11.9. The Morgan fingerprint density at radius 1 is 1.25 bits per heavy atom. The van der Waals surface area contributed by atoms with Crippen LogP contribution in [0.5, 0.6) is 0 Å². The van der Waals surface area contributed by atoms with E-state index in [2.05, 4.69) is 70.2 Å². The fourth-order valence-electron chi connectivity index (χ4n) is 1.94. The normalized spacial score (nSPS) is 10.9. The first-order chi connectivity index (χ1) is 9.72. The summed E-state index contributed by atoms with van der Waals surface area (Å²) < 4.78 is 1.28. The molecule has 0 spiro atoms. The van der Waals surface area contributed by atoms with Gasteiger partial charge in [0.05, 0.1) is 0 Å². The van der Waals surface area contributed by atoms with Crippen LogP contribution in [0.3, 0.4) is 0 Å². The third-order valence-electron chi connectivity index (χ3n) is 3.06. The van der Waals surface area contributed by atoms with Crippen molar-refractivity contribution in [2.24, 2.45) is 0 Å². The number of aromatic nitrogens is 2. The third-order valence-corrected chi connectivity index (χ3v) is 5.51. The molecule has 0 atom stereocenters. The maximum absolute atomic E-state index is 4.35. The molecule has 1 aromatic carbocycles. The third kappa shape index (κ3) is 4.23. The summed E-state index contributed by atoms with van der Waals surface area (Å²) >= 11 is 4.11. The van der Waals surface area contributed by atoms with E-state index in [1.54, 1.807) is 11.3 Å². The molecule has 2 rings (SSSR count). The molecule has 1 N–H and O–H groups in total. The van der Waals surface area contributed by atoms with E-state index in [4.69, 9.17) is 0 Å². The molecule has 0 unspecified atom stereocenters. The summed E-state index contributed by atoms with van der Waals surface area (Å²) in [6.07, 6.45) is 3.32. The molecule has 1 heterocycles. The van der Waals surface area contributed by atoms with E-state index in [0.29, 0.717) is 0 Å². The maximum Gasteiger partial charge on any atom is 0.148 e. The number of nitrogens with one attached hydrogen (secondary N) is 1. The summed E-state index contributed by atoms with van der Waals surface area (Å²) in [4.78, 5) is 0. The summed E-state index contributed by atoms with van der Waals surface area (Å²) in [6, 6.07) is 6.34. The number of nitrogens with zero attached hydrogens (tertiary/aromatic N) is 2. The minimum Gasteiger partial charge on any atom is -0.317 e. The van der Waals surface area contributed by atoms with Gasteiger partial charge >= 0.3 is 0 Å². The van der Waals surface area contributed by atoms with Crippen molar-refractivity contribution in [3.63, 3.8) is 0 Å². The topological polar surface area (TPSA) is 37.8 Å². The van der Waals surface area contributed by atoms with Crippen LogP contribution in [0.1, 0.15) is 30.3 Å². The Morgan fingerprint density at radius 3 is 2.90 bits per heavy atom. The van der Waals surface area contributed by atoms with Crippen molar-refractivity contribution in [2.75, 3.05) is 13.1 Å². The molecule has 5 heteroatoms. The average molecular weight is 401 g/mol. The van der Waals surface area contributed by atoms with Gasteiger partial charge in [-0.15, -0.1) is 10.2 Å². The Hall–Kier alpha value is -0.530. The molecule has 3 nitrogen and oxygen atoms in total. The van der Waals surface area contributed by atoms with Crippen LogP contribution in [0.15, 0.2) is 18.2 Å². The van der Waals surface area contributed by atoms with Crippen molar-refractivity contribution in [2.45, 2.75) is 33.1 Å². The van der Waals surface area contributed by atoms with Crippen LogP contribution >= 0.6 is 33.9 Å². The average Bonchev–Trinajstić information content (AvgIpc) is 2.90. The van der Waals surface area contributed by atoms with E-state index in [1.165, 1.54) is 21.1 Å². The predicted molar refractivity (Wildman–Crippen MR) is 94.3 cm³/mol. The highest BCUT2D eigenvalue weighted by molar-refractivity contribution is 14.1. The summed E-state index contributed by atoms with van der Waals surface area (Å²) in [5.41, 5.74) is 2.50. The van der Waals surface area contributed by atoms with Crippen molar-refractivity contribution in [1.29, 1.82) is 0 Å². The first-order valence-electron chi connectivity index (χ1n) is 7.01. The number of hydrogen-bond donors (Lipinski definition) is 1. The highest BCUT2D eigenvalue weighted by Crippen LogP contribution is 2.30. The number of rotatable bonds is 7. The Bertz CT molecular complexity index is 554. The van der Waals surface area contributed by atoms with Gasteiger partial charge in [0.1, 0.15) is 10.0 Å². The van der Waals surface area contributed by atoms with Gasteiger partial charge in [0.2, 0.25) is 0 Å². The summed E-state index contributed by atoms with van der Waals surface area (Å²) in [6.45, 7) is 6.48. The fourth-order valence-corrected chi connectivity index (χ4v) is 3.65. The van der Waals surface area contributed by atoms with E-state index < -0.39 is 0 Å². The standard InChI is InChI=1S/C15H20IN3S/c1-3-9-17-10-5-8-13-18-19-15(20-13)12-7-4-6-11(2)14(12)16/h4,6-7,17H,3,5,8-10H2,1-2H3. The quantitative estimate of drug-likeness (QED) is 0.562. The zero-order valence-corrected chi connectivity index (χ0v) is 14.9. The molecular weight excluding hydrogens is 381 g/mol. The van der Waals surface area contributed by atoms with Crippen molar-refractivity contribution < 1.29 is 0 Å². The van der Waals surface area contributed by atoms with E-state index in [1.807, 2.05) is 0 Å². The van der Waals surface area contributed by atoms with Gasteiger partial charge in [-0.05, 0) is 61.0 Å². The van der Waals surface area contributed by atoms with E-state index in [0.717, 1.165) is 35.9 Å². The second kappa shape index (κ2) is 8.05. The lowest BCUT2D eigenvalue weighted by atomic mass is 10.1. The number of benzene rings is 1. The lowest BCUT2D eigenvalue weighted by Gasteiger charge is -2.02. The first kappa shape index (κ1) is 15.9. The number of halogens is 1. The van der Waals surface area contributed by atoms with E-state index in [9.17, 15) is 0 Å². The van der Waals surface area contributed by atoms with Crippen LogP contribution in [0.2, 0.25) is 0 Å². The lowest BCUT2D eigenvalue weighted by molar-refractivity contribution is 0.637. The highest BCUT2D eigenvalue weighted by atomic mass is 127. The molecule has 0 bridgehead atoms. The molecule has 0 aliphatic rings. The van der Waals surface area contributed by atoms with Gasteiger partial charge < -0.3 is 5.32 Å². The molecule has 0 aliphatic carbocycles. The van der Waals surface area contributed by atoms with Crippen molar-refractivity contribution in [3.8, 4) is 10.6 Å². The summed E-state index contributed by atoms with van der Waals surface area (Å²) in [5.74, 6) is 0. The van der Waals surface area contributed by atoms with Gasteiger partial charge in [-0.25, -0.2) is 0 Å². The minimum atomic E-state index is 1.01. The largest absolute Gasteiger partial charge is 0.317 e. The monoisotopic (exact) mass is 401 g/mol. The molecule has 108 valence electrons. The smallest absolute Gasteiger partial charge is 0.148 e. The second-order valence-corrected chi connectivity index (χ2v) is 6.93. The second-order valence-electron chi connectivity index (χ2n) is 4.79. The van der Waals surface area contributed by atoms with E-state index in [-0.39, 0.29) is 0 Å². The van der Waals surface area contributed by atoms with Crippen LogP contribution in [-0.2, 0) is 6.42 Å². The van der Waals surface area contributed by atoms with Crippen LogP contribution in [0.4, 0.5) is 0 Å². The van der Waals surface area contributed by atoms with Gasteiger partial charge in [-0.3, -0.25) is 0 Å². The minimum absolute atomic E-state index is 1.01. The summed E-state index contributed by atoms with van der Waals surface area (Å²) in [5, 5.41) is 14.3. The Kier molecular flexibility index (Phi) is 6.38. The van der Waals surface area contributed by atoms with Gasteiger partial charge in [-0.2, -0.15) is 0 Å². The lowest BCUT2D eigenvalue weighted by Crippen LogP contribution is -2.16. The number of aryl methyl sites for hydroxylation is 2. The van der Waals surface area contributed by atoms with Gasteiger partial charge in [0, 0.05) is 15.6 Å². The van der Waals surface area contributed by atoms with Gasteiger partial charge in [0.15, 0.2) is 0 Å². The molecule has 1 aromatic heterocycles. The highest BCUT2D eigenvalue weighted by Gasteiger charge is 2.10. The molecule has 0 saturated carbocycles. The van der Waals surface area contributed by atoms with Crippen LogP contribution in [0.25, 0.3) is 10.6 Å². The van der Waals surface area contributed by atoms with Gasteiger partial charge in [-0.1, -0.05) is 36.5 Å². The van der Waals surface area contributed by atoms with Crippen molar-refractivity contribution >= 4 is 33.9 Å². The fraction of sp³-hybridized carbons (Fsp3) is 0.467. The molecule has 0 aliphatic heterocycles. The Labute approximate surface area is 138 Å². The van der Waals surface area contributed by atoms with Crippen molar-refractivity contribution in [3.05, 3.63) is 32.3 Å². The first-order valence-corrected chi connectivity index (χ1v) is 8.90. The Morgan fingerprint density at radius 2 is 2.10 bits per heavy atom. The molecule has 0 saturated heterocycles. The SMILES string of the molecule is CCCNCCCc1nnc(-c2cccc(C)c2I)s1. The summed E-state index contributed by atoms with van der Waals surface area (Å²) in [7, 11) is 0. The van der Waals surface area contributed by atoms with Crippen LogP contribution in [-0.4, -0.2) is 23.3 Å². The van der Waals surface area contributed by atoms with Crippen LogP contribution in [0, 0.1) is 10.5 Å². The molecule has 2 aromatic rings. The van der Waals surface area contributed by atoms with Crippen LogP contribution < -0.4 is 5.32 Å². The molecule has 0 fully saturated rings.